The number of carboxylic acid groups (broad SMARTS) is 1. The number of urea groups is 1. The van der Waals surface area contributed by atoms with E-state index in [9.17, 15) is 9.59 Å². The highest BCUT2D eigenvalue weighted by Gasteiger charge is 2.26. The Morgan fingerprint density at radius 1 is 1.39 bits per heavy atom. The van der Waals surface area contributed by atoms with Crippen LogP contribution in [0.5, 0.6) is 0 Å². The lowest BCUT2D eigenvalue weighted by Crippen LogP contribution is -2.52. The Bertz CT molecular complexity index is 298. The second-order valence-corrected chi connectivity index (χ2v) is 4.79. The van der Waals surface area contributed by atoms with Crippen LogP contribution in [0.4, 0.5) is 4.79 Å². The Kier molecular flexibility index (Phi) is 5.40. The first-order valence-corrected chi connectivity index (χ1v) is 6.35. The molecule has 18 heavy (non-hydrogen) atoms. The zero-order valence-electron chi connectivity index (χ0n) is 11.2. The molecule has 3 unspecified atom stereocenters. The molecule has 0 aromatic rings. The zero-order valence-corrected chi connectivity index (χ0v) is 11.2. The molecule has 1 heterocycles. The monoisotopic (exact) mass is 258 g/mol. The van der Waals surface area contributed by atoms with E-state index >= 15 is 0 Å². The van der Waals surface area contributed by atoms with E-state index in [0.717, 1.165) is 0 Å². The summed E-state index contributed by atoms with van der Waals surface area (Å²) in [7, 11) is 0. The predicted molar refractivity (Wildman–Crippen MR) is 66.4 cm³/mol. The number of aliphatic carboxylic acids is 1. The van der Waals surface area contributed by atoms with Crippen molar-refractivity contribution >= 4 is 12.0 Å². The molecule has 1 aliphatic rings. The summed E-state index contributed by atoms with van der Waals surface area (Å²) in [6, 6.07) is -0.211. The van der Waals surface area contributed by atoms with Gasteiger partial charge in [0.05, 0.1) is 18.1 Å². The van der Waals surface area contributed by atoms with Crippen LogP contribution < -0.4 is 5.32 Å². The van der Waals surface area contributed by atoms with Crippen LogP contribution in [-0.4, -0.2) is 53.8 Å². The number of carboxylic acids is 1. The zero-order chi connectivity index (χ0) is 13.7. The van der Waals surface area contributed by atoms with Crippen LogP contribution in [0.2, 0.25) is 0 Å². The minimum atomic E-state index is -0.874. The standard InChI is InChI=1S/C12H22N2O4/c1-4-10(11(15)16)5-13-12(17)14-6-8(2)18-9(3)7-14/h8-10H,4-7H2,1-3H3,(H,13,17)(H,15,16). The van der Waals surface area contributed by atoms with Crippen molar-refractivity contribution in [2.75, 3.05) is 19.6 Å². The van der Waals surface area contributed by atoms with Gasteiger partial charge >= 0.3 is 12.0 Å². The van der Waals surface area contributed by atoms with E-state index in [2.05, 4.69) is 5.32 Å². The van der Waals surface area contributed by atoms with Crippen molar-refractivity contribution in [2.24, 2.45) is 5.92 Å². The van der Waals surface area contributed by atoms with Gasteiger partial charge in [0.15, 0.2) is 0 Å². The van der Waals surface area contributed by atoms with Gasteiger partial charge in [-0.1, -0.05) is 6.92 Å². The molecule has 0 bridgehead atoms. The number of nitrogens with one attached hydrogen (secondary N) is 1. The molecule has 0 aliphatic carbocycles. The maximum absolute atomic E-state index is 11.9. The molecule has 6 heteroatoms. The molecule has 2 N–H and O–H groups in total. The number of carbonyl (C=O) groups is 2. The smallest absolute Gasteiger partial charge is 0.317 e. The molecule has 0 radical (unpaired) electrons. The number of ether oxygens (including phenoxy) is 1. The van der Waals surface area contributed by atoms with Gasteiger partial charge in [-0.05, 0) is 20.3 Å². The number of hydrogen-bond acceptors (Lipinski definition) is 3. The first-order valence-electron chi connectivity index (χ1n) is 6.35. The Hall–Kier alpha value is -1.30. The summed E-state index contributed by atoms with van der Waals surface area (Å²) >= 11 is 0. The molecule has 1 rings (SSSR count). The van der Waals surface area contributed by atoms with Crippen LogP contribution in [-0.2, 0) is 9.53 Å². The summed E-state index contributed by atoms with van der Waals surface area (Å²) in [6.45, 7) is 6.89. The first-order chi connectivity index (χ1) is 8.43. The van der Waals surface area contributed by atoms with Crippen LogP contribution in [0.15, 0.2) is 0 Å². The Morgan fingerprint density at radius 2 is 1.94 bits per heavy atom. The SMILES string of the molecule is CCC(CNC(=O)N1CC(C)OC(C)C1)C(=O)O. The third-order valence-corrected chi connectivity index (χ3v) is 3.05. The average molecular weight is 258 g/mol. The quantitative estimate of drug-likeness (QED) is 0.785. The Morgan fingerprint density at radius 3 is 2.39 bits per heavy atom. The summed E-state index contributed by atoms with van der Waals surface area (Å²) in [5, 5.41) is 11.6. The molecule has 6 nitrogen and oxygen atoms in total. The van der Waals surface area contributed by atoms with Crippen LogP contribution in [0.25, 0.3) is 0 Å². The van der Waals surface area contributed by atoms with Gasteiger partial charge in [-0.15, -0.1) is 0 Å². The molecule has 2 amide bonds. The number of hydrogen-bond donors (Lipinski definition) is 2. The second kappa shape index (κ2) is 6.58. The molecule has 0 saturated carbocycles. The van der Waals surface area contributed by atoms with Crippen LogP contribution in [0, 0.1) is 5.92 Å². The van der Waals surface area contributed by atoms with E-state index in [1.165, 1.54) is 0 Å². The highest BCUT2D eigenvalue weighted by atomic mass is 16.5. The fraction of sp³-hybridized carbons (Fsp3) is 0.833. The van der Waals surface area contributed by atoms with Crippen LogP contribution >= 0.6 is 0 Å². The molecule has 1 fully saturated rings. The van der Waals surface area contributed by atoms with Crippen molar-refractivity contribution in [3.8, 4) is 0 Å². The molecule has 0 aromatic carbocycles. The number of rotatable bonds is 4. The number of amides is 2. The van der Waals surface area contributed by atoms with Gasteiger partial charge in [-0.2, -0.15) is 0 Å². The summed E-state index contributed by atoms with van der Waals surface area (Å²) < 4.78 is 5.54. The summed E-state index contributed by atoms with van der Waals surface area (Å²) in [5.74, 6) is -1.40. The normalized spacial score (nSPS) is 25.6. The van der Waals surface area contributed by atoms with E-state index in [-0.39, 0.29) is 24.8 Å². The van der Waals surface area contributed by atoms with Crippen molar-refractivity contribution in [3.05, 3.63) is 0 Å². The summed E-state index contributed by atoms with van der Waals surface area (Å²) in [5.41, 5.74) is 0. The fourth-order valence-electron chi connectivity index (χ4n) is 2.07. The van der Waals surface area contributed by atoms with E-state index in [0.29, 0.717) is 19.5 Å². The van der Waals surface area contributed by atoms with Crippen molar-refractivity contribution < 1.29 is 19.4 Å². The number of carbonyl (C=O) groups excluding carboxylic acids is 1. The lowest BCUT2D eigenvalue weighted by atomic mass is 10.1. The molecule has 0 aromatic heterocycles. The highest BCUT2D eigenvalue weighted by Crippen LogP contribution is 2.10. The Balaban J connectivity index is 2.42. The van der Waals surface area contributed by atoms with Crippen molar-refractivity contribution in [1.82, 2.24) is 10.2 Å². The van der Waals surface area contributed by atoms with Gasteiger partial charge in [-0.25, -0.2) is 4.79 Å². The molecule has 1 aliphatic heterocycles. The largest absolute Gasteiger partial charge is 0.481 e. The molecular weight excluding hydrogens is 236 g/mol. The van der Waals surface area contributed by atoms with Gasteiger partial charge < -0.3 is 20.1 Å². The van der Waals surface area contributed by atoms with Crippen molar-refractivity contribution in [2.45, 2.75) is 39.4 Å². The number of morpholine rings is 1. The van der Waals surface area contributed by atoms with Crippen LogP contribution in [0.1, 0.15) is 27.2 Å². The third-order valence-electron chi connectivity index (χ3n) is 3.05. The minimum Gasteiger partial charge on any atom is -0.481 e. The van der Waals surface area contributed by atoms with Gasteiger partial charge in [0.25, 0.3) is 0 Å². The maximum atomic E-state index is 11.9. The maximum Gasteiger partial charge on any atom is 0.317 e. The molecule has 104 valence electrons. The fourth-order valence-corrected chi connectivity index (χ4v) is 2.07. The lowest BCUT2D eigenvalue weighted by molar-refractivity contribution is -0.141. The molecular formula is C12H22N2O4. The third kappa shape index (κ3) is 4.18. The second-order valence-electron chi connectivity index (χ2n) is 4.79. The Labute approximate surface area is 107 Å². The molecule has 1 saturated heterocycles. The molecule has 3 atom stereocenters. The minimum absolute atomic E-state index is 0.0148. The first kappa shape index (κ1) is 14.8. The van der Waals surface area contributed by atoms with Crippen molar-refractivity contribution in [3.63, 3.8) is 0 Å². The topological polar surface area (TPSA) is 78.9 Å². The number of nitrogens with zero attached hydrogens (tertiary/aromatic N) is 1. The van der Waals surface area contributed by atoms with Gasteiger partial charge in [0, 0.05) is 19.6 Å². The van der Waals surface area contributed by atoms with E-state index in [1.54, 1.807) is 11.8 Å². The van der Waals surface area contributed by atoms with Crippen LogP contribution in [0.3, 0.4) is 0 Å². The van der Waals surface area contributed by atoms with Gasteiger partial charge in [0.2, 0.25) is 0 Å². The molecule has 0 spiro atoms. The predicted octanol–water partition coefficient (Wildman–Crippen LogP) is 0.916. The van der Waals surface area contributed by atoms with Gasteiger partial charge in [-0.3, -0.25) is 4.79 Å². The summed E-state index contributed by atoms with van der Waals surface area (Å²) in [4.78, 5) is 24.4. The summed E-state index contributed by atoms with van der Waals surface area (Å²) in [6.07, 6.45) is 0.535. The highest BCUT2D eigenvalue weighted by molar-refractivity contribution is 5.76. The van der Waals surface area contributed by atoms with E-state index in [4.69, 9.17) is 9.84 Å². The van der Waals surface area contributed by atoms with Crippen molar-refractivity contribution in [1.29, 1.82) is 0 Å². The van der Waals surface area contributed by atoms with E-state index < -0.39 is 11.9 Å². The lowest BCUT2D eigenvalue weighted by Gasteiger charge is -2.35. The van der Waals surface area contributed by atoms with E-state index in [1.807, 2.05) is 13.8 Å². The van der Waals surface area contributed by atoms with Gasteiger partial charge in [0.1, 0.15) is 0 Å². The average Bonchev–Trinajstić information content (AvgIpc) is 2.27.